The Kier molecular flexibility index (Phi) is 3.81. The Hall–Kier alpha value is -0.480. The second-order valence-corrected chi connectivity index (χ2v) is 3.82. The van der Waals surface area contributed by atoms with Crippen LogP contribution in [0.25, 0.3) is 0 Å². The largest absolute Gasteiger partial charge is 0.315 e. The van der Waals surface area contributed by atoms with Crippen LogP contribution in [0, 0.1) is 0 Å². The summed E-state index contributed by atoms with van der Waals surface area (Å²) in [6.07, 6.45) is 0. The molecule has 0 aliphatic heterocycles. The normalized spacial score (nSPS) is 9.77. The molecule has 0 aliphatic rings. The zero-order valence-electron chi connectivity index (χ0n) is 7.20. The van der Waals surface area contributed by atoms with Gasteiger partial charge in [0.1, 0.15) is 0 Å². The van der Waals surface area contributed by atoms with E-state index < -0.39 is 0 Å². The topological polar surface area (TPSA) is 20.3 Å². The Morgan fingerprint density at radius 3 is 2.85 bits per heavy atom. The molecule has 2 nitrogen and oxygen atoms in total. The van der Waals surface area contributed by atoms with E-state index >= 15 is 0 Å². The van der Waals surface area contributed by atoms with Gasteiger partial charge in [0.05, 0.1) is 5.75 Å². The van der Waals surface area contributed by atoms with Gasteiger partial charge in [-0.2, -0.15) is 12.6 Å². The highest BCUT2D eigenvalue weighted by atomic mass is 79.9. The molecule has 0 saturated carbocycles. The number of hydrogen-bond donors (Lipinski definition) is 1. The van der Waals surface area contributed by atoms with Crippen molar-refractivity contribution in [2.75, 3.05) is 17.7 Å². The van der Waals surface area contributed by atoms with Crippen molar-refractivity contribution in [2.45, 2.75) is 0 Å². The summed E-state index contributed by atoms with van der Waals surface area (Å²) in [6.45, 7) is 0. The molecule has 70 valence electrons. The van der Waals surface area contributed by atoms with Gasteiger partial charge >= 0.3 is 0 Å². The van der Waals surface area contributed by atoms with Crippen LogP contribution in [-0.2, 0) is 4.79 Å². The molecule has 0 unspecified atom stereocenters. The maximum absolute atomic E-state index is 11.3. The zero-order chi connectivity index (χ0) is 9.84. The third-order valence-corrected chi connectivity index (χ3v) is 2.47. The van der Waals surface area contributed by atoms with Crippen LogP contribution >= 0.6 is 28.6 Å². The molecule has 1 amide bonds. The van der Waals surface area contributed by atoms with Gasteiger partial charge in [0, 0.05) is 17.2 Å². The fourth-order valence-electron chi connectivity index (χ4n) is 0.935. The third-order valence-electron chi connectivity index (χ3n) is 1.70. The first kappa shape index (κ1) is 10.6. The smallest absolute Gasteiger partial charge is 0.236 e. The molecular weight excluding hydrogens is 250 g/mol. The van der Waals surface area contributed by atoms with E-state index in [1.165, 1.54) is 0 Å². The lowest BCUT2D eigenvalue weighted by atomic mass is 10.3. The molecule has 0 heterocycles. The number of halogens is 1. The predicted octanol–water partition coefficient (Wildman–Crippen LogP) is 2.34. The maximum Gasteiger partial charge on any atom is 0.236 e. The first-order valence-electron chi connectivity index (χ1n) is 3.78. The van der Waals surface area contributed by atoms with E-state index in [0.717, 1.165) is 10.2 Å². The highest BCUT2D eigenvalue weighted by Crippen LogP contribution is 2.18. The molecule has 0 radical (unpaired) electrons. The van der Waals surface area contributed by atoms with Gasteiger partial charge in [0.2, 0.25) is 5.91 Å². The lowest BCUT2D eigenvalue weighted by Gasteiger charge is -2.16. The third kappa shape index (κ3) is 2.74. The number of nitrogens with zero attached hydrogens (tertiary/aromatic N) is 1. The number of amides is 1. The molecule has 0 fully saturated rings. The number of thiol groups is 1. The van der Waals surface area contributed by atoms with Crippen molar-refractivity contribution in [3.8, 4) is 0 Å². The van der Waals surface area contributed by atoms with Crippen molar-refractivity contribution in [3.05, 3.63) is 28.7 Å². The summed E-state index contributed by atoms with van der Waals surface area (Å²) < 4.78 is 0.962. The van der Waals surface area contributed by atoms with Crippen molar-refractivity contribution in [2.24, 2.45) is 0 Å². The maximum atomic E-state index is 11.3. The van der Waals surface area contributed by atoms with Gasteiger partial charge in [-0.15, -0.1) is 0 Å². The van der Waals surface area contributed by atoms with E-state index in [0.29, 0.717) is 0 Å². The Morgan fingerprint density at radius 2 is 2.31 bits per heavy atom. The van der Waals surface area contributed by atoms with Gasteiger partial charge in [-0.25, -0.2) is 0 Å². The van der Waals surface area contributed by atoms with Crippen molar-refractivity contribution in [1.29, 1.82) is 0 Å². The minimum absolute atomic E-state index is 0.0126. The lowest BCUT2D eigenvalue weighted by molar-refractivity contribution is -0.115. The van der Waals surface area contributed by atoms with Crippen LogP contribution in [0.4, 0.5) is 5.69 Å². The first-order chi connectivity index (χ1) is 6.15. The average molecular weight is 260 g/mol. The molecule has 0 N–H and O–H groups in total. The summed E-state index contributed by atoms with van der Waals surface area (Å²) in [5.41, 5.74) is 0.869. The summed E-state index contributed by atoms with van der Waals surface area (Å²) in [7, 11) is 1.74. The molecule has 0 bridgehead atoms. The minimum Gasteiger partial charge on any atom is -0.315 e. The Balaban J connectivity index is 2.88. The Labute approximate surface area is 91.5 Å². The van der Waals surface area contributed by atoms with Crippen LogP contribution in [-0.4, -0.2) is 18.7 Å². The number of carbonyl (C=O) groups is 1. The van der Waals surface area contributed by atoms with Crippen molar-refractivity contribution in [3.63, 3.8) is 0 Å². The standard InChI is InChI=1S/C9H10BrNOS/c1-11(9(12)6-13)8-4-2-3-7(10)5-8/h2-5,13H,6H2,1H3. The first-order valence-corrected chi connectivity index (χ1v) is 5.20. The summed E-state index contributed by atoms with van der Waals surface area (Å²) in [4.78, 5) is 12.8. The molecular formula is C9H10BrNOS. The van der Waals surface area contributed by atoms with Gasteiger partial charge in [0.15, 0.2) is 0 Å². The highest BCUT2D eigenvalue weighted by molar-refractivity contribution is 9.10. The number of anilines is 1. The second-order valence-electron chi connectivity index (χ2n) is 2.59. The summed E-state index contributed by atoms with van der Waals surface area (Å²) in [5.74, 6) is 0.213. The zero-order valence-corrected chi connectivity index (χ0v) is 9.68. The SMILES string of the molecule is CN(C(=O)CS)c1cccc(Br)c1. The van der Waals surface area contributed by atoms with Crippen molar-refractivity contribution >= 4 is 40.2 Å². The van der Waals surface area contributed by atoms with E-state index in [9.17, 15) is 4.79 Å². The minimum atomic E-state index is -0.0126. The van der Waals surface area contributed by atoms with Gasteiger partial charge in [-0.1, -0.05) is 22.0 Å². The van der Waals surface area contributed by atoms with Crippen LogP contribution in [0.3, 0.4) is 0 Å². The molecule has 1 aromatic rings. The lowest BCUT2D eigenvalue weighted by Crippen LogP contribution is -2.27. The van der Waals surface area contributed by atoms with Gasteiger partial charge in [-0.05, 0) is 18.2 Å². The summed E-state index contributed by atoms with van der Waals surface area (Å²) >= 11 is 7.27. The van der Waals surface area contributed by atoms with E-state index in [2.05, 4.69) is 28.6 Å². The number of hydrogen-bond acceptors (Lipinski definition) is 2. The Bertz CT molecular complexity index is 316. The van der Waals surface area contributed by atoms with Gasteiger partial charge < -0.3 is 4.90 Å². The average Bonchev–Trinajstić information content (AvgIpc) is 2.15. The number of rotatable bonds is 2. The quantitative estimate of drug-likeness (QED) is 0.809. The molecule has 0 atom stereocenters. The van der Waals surface area contributed by atoms with Gasteiger partial charge in [0.25, 0.3) is 0 Å². The molecule has 0 aliphatic carbocycles. The van der Waals surface area contributed by atoms with Crippen LogP contribution in [0.2, 0.25) is 0 Å². The van der Waals surface area contributed by atoms with Crippen LogP contribution in [0.15, 0.2) is 28.7 Å². The number of carbonyl (C=O) groups excluding carboxylic acids is 1. The molecule has 0 spiro atoms. The summed E-state index contributed by atoms with van der Waals surface area (Å²) in [6, 6.07) is 7.58. The second kappa shape index (κ2) is 4.67. The monoisotopic (exact) mass is 259 g/mol. The fourth-order valence-corrected chi connectivity index (χ4v) is 1.53. The van der Waals surface area contributed by atoms with Crippen molar-refractivity contribution < 1.29 is 4.79 Å². The Morgan fingerprint density at radius 1 is 1.62 bits per heavy atom. The van der Waals surface area contributed by atoms with E-state index in [4.69, 9.17) is 0 Å². The van der Waals surface area contributed by atoms with Crippen LogP contribution in [0.1, 0.15) is 0 Å². The van der Waals surface area contributed by atoms with E-state index in [1.54, 1.807) is 11.9 Å². The van der Waals surface area contributed by atoms with Crippen molar-refractivity contribution in [1.82, 2.24) is 0 Å². The van der Waals surface area contributed by atoms with E-state index in [1.807, 2.05) is 24.3 Å². The fraction of sp³-hybridized carbons (Fsp3) is 0.222. The van der Waals surface area contributed by atoms with Crippen LogP contribution < -0.4 is 4.90 Å². The predicted molar refractivity (Wildman–Crippen MR) is 61.4 cm³/mol. The van der Waals surface area contributed by atoms with E-state index in [-0.39, 0.29) is 11.7 Å². The summed E-state index contributed by atoms with van der Waals surface area (Å²) in [5, 5.41) is 0. The highest BCUT2D eigenvalue weighted by Gasteiger charge is 2.07. The molecule has 1 aromatic carbocycles. The molecule has 13 heavy (non-hydrogen) atoms. The molecule has 0 aromatic heterocycles. The molecule has 4 heteroatoms. The number of benzene rings is 1. The van der Waals surface area contributed by atoms with Crippen LogP contribution in [0.5, 0.6) is 0 Å². The molecule has 0 saturated heterocycles. The molecule has 1 rings (SSSR count). The van der Waals surface area contributed by atoms with Gasteiger partial charge in [-0.3, -0.25) is 4.79 Å².